The smallest absolute Gasteiger partial charge is 0.386 e. The Morgan fingerprint density at radius 2 is 2.06 bits per heavy atom. The molecule has 0 saturated heterocycles. The van der Waals surface area contributed by atoms with E-state index in [9.17, 15) is 4.57 Å². The van der Waals surface area contributed by atoms with Gasteiger partial charge in [-0.05, 0) is 6.07 Å². The number of hydrogen-bond acceptors (Lipinski definition) is 4. The summed E-state index contributed by atoms with van der Waals surface area (Å²) in [4.78, 5) is 21.2. The van der Waals surface area contributed by atoms with Crippen LogP contribution in [0.15, 0.2) is 41.3 Å². The third-order valence-corrected chi connectivity index (χ3v) is 2.28. The summed E-state index contributed by atoms with van der Waals surface area (Å²) >= 11 is 0. The minimum absolute atomic E-state index is 0.0884. The molecule has 7 heteroatoms. The number of para-hydroxylation sites is 1. The second-order valence-electron chi connectivity index (χ2n) is 3.07. The highest BCUT2D eigenvalue weighted by Crippen LogP contribution is 2.39. The molecule has 0 amide bonds. The first-order valence-electron chi connectivity index (χ1n) is 4.39. The minimum Gasteiger partial charge on any atom is -0.386 e. The highest BCUT2D eigenvalue weighted by molar-refractivity contribution is 7.46. The number of fused-ring (bicyclic) bond motifs is 1. The molecule has 0 aromatic heterocycles. The summed E-state index contributed by atoms with van der Waals surface area (Å²) in [6, 6.07) is 7.20. The zero-order chi connectivity index (χ0) is 11.6. The van der Waals surface area contributed by atoms with Gasteiger partial charge in [-0.25, -0.2) is 4.57 Å². The van der Waals surface area contributed by atoms with Crippen molar-refractivity contribution >= 4 is 19.7 Å². The van der Waals surface area contributed by atoms with Gasteiger partial charge >= 0.3 is 7.82 Å². The Kier molecular flexibility index (Phi) is 2.78. The normalized spacial score (nSPS) is 14.5. The van der Waals surface area contributed by atoms with Crippen LogP contribution in [0.4, 0.5) is 5.69 Å². The molecule has 0 unspecified atom stereocenters. The summed E-state index contributed by atoms with van der Waals surface area (Å²) in [7, 11) is -4.57. The average molecular weight is 240 g/mol. The van der Waals surface area contributed by atoms with E-state index in [4.69, 9.17) is 9.79 Å². The lowest BCUT2D eigenvalue weighted by molar-refractivity contribution is 0.244. The van der Waals surface area contributed by atoms with Gasteiger partial charge in [-0.3, -0.25) is 14.8 Å². The van der Waals surface area contributed by atoms with E-state index in [0.29, 0.717) is 5.69 Å². The minimum atomic E-state index is -4.57. The van der Waals surface area contributed by atoms with E-state index in [1.165, 1.54) is 6.20 Å². The van der Waals surface area contributed by atoms with Crippen LogP contribution in [0.1, 0.15) is 5.56 Å². The Bertz CT molecular complexity index is 506. The van der Waals surface area contributed by atoms with Gasteiger partial charge in [0.05, 0.1) is 6.20 Å². The molecular formula is C9H9N2O4P. The molecule has 84 valence electrons. The highest BCUT2D eigenvalue weighted by Gasteiger charge is 2.19. The first kappa shape index (κ1) is 10.9. The quantitative estimate of drug-likeness (QED) is 0.680. The molecule has 0 atom stereocenters. The van der Waals surface area contributed by atoms with E-state index in [-0.39, 0.29) is 5.88 Å². The Morgan fingerprint density at radius 3 is 2.81 bits per heavy atom. The first-order valence-corrected chi connectivity index (χ1v) is 5.92. The van der Waals surface area contributed by atoms with Gasteiger partial charge in [0.2, 0.25) is 5.88 Å². The zero-order valence-corrected chi connectivity index (χ0v) is 8.96. The molecular weight excluding hydrogens is 231 g/mol. The summed E-state index contributed by atoms with van der Waals surface area (Å²) in [6.45, 7) is 0. The standard InChI is InChI=1S/C9H9N2O4P/c12-16(13,14)15-9-6-10-5-7-3-1-2-4-8(7)11-9/h1-6,11H,(H2,12,13,14). The molecule has 0 radical (unpaired) electrons. The van der Waals surface area contributed by atoms with E-state index < -0.39 is 7.82 Å². The fourth-order valence-corrected chi connectivity index (χ4v) is 1.60. The van der Waals surface area contributed by atoms with Crippen molar-refractivity contribution in [3.8, 4) is 0 Å². The molecule has 0 aliphatic carbocycles. The van der Waals surface area contributed by atoms with Crippen molar-refractivity contribution < 1.29 is 18.9 Å². The molecule has 1 aliphatic heterocycles. The van der Waals surface area contributed by atoms with Gasteiger partial charge in [0, 0.05) is 17.5 Å². The van der Waals surface area contributed by atoms with Crippen LogP contribution in [-0.2, 0) is 9.09 Å². The number of benzene rings is 1. The van der Waals surface area contributed by atoms with Crippen molar-refractivity contribution in [1.82, 2.24) is 0 Å². The van der Waals surface area contributed by atoms with Crippen LogP contribution in [0.25, 0.3) is 0 Å². The third kappa shape index (κ3) is 2.70. The predicted octanol–water partition coefficient (Wildman–Crippen LogP) is 1.44. The number of aliphatic imine (C=N–C) groups is 1. The number of rotatable bonds is 2. The van der Waals surface area contributed by atoms with Crippen LogP contribution in [-0.4, -0.2) is 16.0 Å². The molecule has 6 nitrogen and oxygen atoms in total. The van der Waals surface area contributed by atoms with Crippen molar-refractivity contribution in [3.63, 3.8) is 0 Å². The topological polar surface area (TPSA) is 91.2 Å². The second-order valence-corrected chi connectivity index (χ2v) is 4.23. The summed E-state index contributed by atoms with van der Waals surface area (Å²) in [5, 5.41) is 2.74. The molecule has 0 bridgehead atoms. The van der Waals surface area contributed by atoms with E-state index >= 15 is 0 Å². The lowest BCUT2D eigenvalue weighted by atomic mass is 10.2. The van der Waals surface area contributed by atoms with E-state index in [2.05, 4.69) is 14.8 Å². The summed E-state index contributed by atoms with van der Waals surface area (Å²) < 4.78 is 15.1. The van der Waals surface area contributed by atoms with Gasteiger partial charge in [0.1, 0.15) is 0 Å². The Labute approximate surface area is 91.5 Å². The molecule has 0 saturated carbocycles. The molecule has 1 aliphatic rings. The molecule has 1 aromatic carbocycles. The van der Waals surface area contributed by atoms with Crippen LogP contribution in [0.2, 0.25) is 0 Å². The fraction of sp³-hybridized carbons (Fsp3) is 0. The summed E-state index contributed by atoms with van der Waals surface area (Å²) in [6.07, 6.45) is 2.78. The molecule has 2 rings (SSSR count). The van der Waals surface area contributed by atoms with Crippen molar-refractivity contribution in [2.45, 2.75) is 0 Å². The van der Waals surface area contributed by atoms with Crippen LogP contribution in [0, 0.1) is 0 Å². The molecule has 3 N–H and O–H groups in total. The Balaban J connectivity index is 2.26. The maximum atomic E-state index is 10.7. The SMILES string of the molecule is O=P(O)(O)OC1=CN=Cc2ccccc2N1. The largest absolute Gasteiger partial charge is 0.526 e. The van der Waals surface area contributed by atoms with Gasteiger partial charge in [0.15, 0.2) is 0 Å². The zero-order valence-electron chi connectivity index (χ0n) is 8.07. The van der Waals surface area contributed by atoms with Crippen molar-refractivity contribution in [2.24, 2.45) is 4.99 Å². The van der Waals surface area contributed by atoms with E-state index in [1.807, 2.05) is 12.1 Å². The van der Waals surface area contributed by atoms with Gasteiger partial charge in [-0.1, -0.05) is 18.2 Å². The molecule has 0 fully saturated rings. The number of nitrogens with one attached hydrogen (secondary N) is 1. The van der Waals surface area contributed by atoms with Gasteiger partial charge in [0.25, 0.3) is 0 Å². The predicted molar refractivity (Wildman–Crippen MR) is 58.9 cm³/mol. The van der Waals surface area contributed by atoms with Gasteiger partial charge < -0.3 is 9.84 Å². The monoisotopic (exact) mass is 240 g/mol. The molecule has 1 heterocycles. The lowest BCUT2D eigenvalue weighted by Crippen LogP contribution is -2.03. The van der Waals surface area contributed by atoms with Crippen molar-refractivity contribution in [1.29, 1.82) is 0 Å². The number of hydrogen-bond donors (Lipinski definition) is 3. The number of phosphoric acid groups is 1. The first-order chi connectivity index (χ1) is 7.54. The number of anilines is 1. The van der Waals surface area contributed by atoms with Crippen LogP contribution in [0.5, 0.6) is 0 Å². The van der Waals surface area contributed by atoms with Crippen LogP contribution in [0.3, 0.4) is 0 Å². The van der Waals surface area contributed by atoms with E-state index in [0.717, 1.165) is 5.56 Å². The molecule has 1 aromatic rings. The third-order valence-electron chi connectivity index (χ3n) is 1.84. The Hall–Kier alpha value is -1.62. The average Bonchev–Trinajstić information content (AvgIpc) is 2.36. The number of nitrogens with zero attached hydrogens (tertiary/aromatic N) is 1. The second kappa shape index (κ2) is 4.09. The maximum absolute atomic E-state index is 10.7. The van der Waals surface area contributed by atoms with Crippen molar-refractivity contribution in [3.05, 3.63) is 41.9 Å². The molecule has 16 heavy (non-hydrogen) atoms. The van der Waals surface area contributed by atoms with Crippen LogP contribution < -0.4 is 5.32 Å². The number of phosphoric ester groups is 1. The summed E-state index contributed by atoms with van der Waals surface area (Å²) in [5.41, 5.74) is 1.48. The fourth-order valence-electron chi connectivity index (χ4n) is 1.25. The van der Waals surface area contributed by atoms with Crippen LogP contribution >= 0.6 is 7.82 Å². The van der Waals surface area contributed by atoms with Crippen molar-refractivity contribution in [2.75, 3.05) is 5.32 Å². The van der Waals surface area contributed by atoms with Gasteiger partial charge in [-0.2, -0.15) is 0 Å². The van der Waals surface area contributed by atoms with Gasteiger partial charge in [-0.15, -0.1) is 0 Å². The summed E-state index contributed by atoms with van der Waals surface area (Å²) in [5.74, 6) is -0.0884. The highest BCUT2D eigenvalue weighted by atomic mass is 31.2. The molecule has 0 spiro atoms. The Morgan fingerprint density at radius 1 is 1.31 bits per heavy atom. The lowest BCUT2D eigenvalue weighted by Gasteiger charge is -2.12. The maximum Gasteiger partial charge on any atom is 0.526 e. The van der Waals surface area contributed by atoms with E-state index in [1.54, 1.807) is 18.3 Å².